The van der Waals surface area contributed by atoms with Gasteiger partial charge in [0.05, 0.1) is 13.7 Å². The third-order valence-corrected chi connectivity index (χ3v) is 1.88. The molecule has 0 heterocycles. The molecule has 0 rings (SSSR count). The number of carbonyl (C=O) groups is 3. The van der Waals surface area contributed by atoms with Gasteiger partial charge in [-0.3, -0.25) is 4.79 Å². The van der Waals surface area contributed by atoms with E-state index in [0.717, 1.165) is 4.90 Å². The van der Waals surface area contributed by atoms with Crippen molar-refractivity contribution in [3.63, 3.8) is 0 Å². The van der Waals surface area contributed by atoms with Crippen molar-refractivity contribution < 1.29 is 23.9 Å². The molecule has 17 heavy (non-hydrogen) atoms. The van der Waals surface area contributed by atoms with E-state index in [1.807, 2.05) is 0 Å². The molecule has 0 aliphatic rings. The molecule has 7 nitrogen and oxygen atoms in total. The molecule has 0 spiro atoms. The summed E-state index contributed by atoms with van der Waals surface area (Å²) in [6.45, 7) is 3.25. The van der Waals surface area contributed by atoms with Crippen LogP contribution in [0.15, 0.2) is 0 Å². The third kappa shape index (κ3) is 5.74. The Kier molecular flexibility index (Phi) is 6.69. The van der Waals surface area contributed by atoms with Crippen LogP contribution >= 0.6 is 0 Å². The van der Waals surface area contributed by atoms with Crippen molar-refractivity contribution in [1.82, 2.24) is 10.2 Å². The highest BCUT2D eigenvalue weighted by Gasteiger charge is 2.19. The fourth-order valence-corrected chi connectivity index (χ4v) is 1.05. The summed E-state index contributed by atoms with van der Waals surface area (Å²) < 4.78 is 9.14. The van der Waals surface area contributed by atoms with Crippen LogP contribution in [0.25, 0.3) is 0 Å². The second-order valence-corrected chi connectivity index (χ2v) is 3.37. The first kappa shape index (κ1) is 15.2. The Balaban J connectivity index is 4.09. The van der Waals surface area contributed by atoms with Crippen LogP contribution in [0.3, 0.4) is 0 Å². The molecule has 1 atom stereocenters. The largest absolute Gasteiger partial charge is 0.464 e. The Hall–Kier alpha value is -1.79. The number of hydrogen-bond donors (Lipinski definition) is 1. The Labute approximate surface area is 100 Å². The molecule has 0 bridgehead atoms. The van der Waals surface area contributed by atoms with Crippen molar-refractivity contribution in [2.24, 2.45) is 0 Å². The Morgan fingerprint density at radius 1 is 1.35 bits per heavy atom. The number of hydrogen-bond acceptors (Lipinski definition) is 5. The predicted molar refractivity (Wildman–Crippen MR) is 59.3 cm³/mol. The highest BCUT2D eigenvalue weighted by molar-refractivity contribution is 5.86. The molecule has 7 heteroatoms. The number of methoxy groups -OCH3 is 1. The summed E-state index contributed by atoms with van der Waals surface area (Å²) in [5.41, 5.74) is 0. The van der Waals surface area contributed by atoms with Gasteiger partial charge in [-0.1, -0.05) is 0 Å². The first-order chi connectivity index (χ1) is 7.92. The molecule has 0 aliphatic carbocycles. The van der Waals surface area contributed by atoms with E-state index in [4.69, 9.17) is 4.74 Å². The maximum Gasteiger partial charge on any atom is 0.409 e. The highest BCUT2D eigenvalue weighted by atomic mass is 16.5. The molecule has 0 radical (unpaired) electrons. The summed E-state index contributed by atoms with van der Waals surface area (Å²) in [5.74, 6) is -0.972. The Bertz CT molecular complexity index is 292. The molecule has 98 valence electrons. The zero-order valence-electron chi connectivity index (χ0n) is 10.5. The summed E-state index contributed by atoms with van der Waals surface area (Å²) in [6, 6.07) is -0.742. The minimum absolute atomic E-state index is 0.184. The van der Waals surface area contributed by atoms with Crippen molar-refractivity contribution in [3.05, 3.63) is 0 Å². The van der Waals surface area contributed by atoms with E-state index >= 15 is 0 Å². The van der Waals surface area contributed by atoms with Crippen LogP contribution < -0.4 is 5.32 Å². The lowest BCUT2D eigenvalue weighted by atomic mass is 10.3. The number of likely N-dealkylation sites (N-methyl/N-ethyl adjacent to an activating group) is 1. The van der Waals surface area contributed by atoms with E-state index in [9.17, 15) is 14.4 Å². The monoisotopic (exact) mass is 246 g/mol. The molecule has 0 aliphatic heterocycles. The molecule has 0 aromatic heterocycles. The van der Waals surface area contributed by atoms with Crippen LogP contribution in [-0.4, -0.2) is 56.2 Å². The lowest BCUT2D eigenvalue weighted by Crippen LogP contribution is -2.45. The summed E-state index contributed by atoms with van der Waals surface area (Å²) in [4.78, 5) is 34.7. The number of amides is 2. The fraction of sp³-hybridized carbons (Fsp3) is 0.700. The second kappa shape index (κ2) is 7.48. The van der Waals surface area contributed by atoms with Crippen LogP contribution in [0.1, 0.15) is 13.8 Å². The lowest BCUT2D eigenvalue weighted by molar-refractivity contribution is -0.146. The minimum Gasteiger partial charge on any atom is -0.464 e. The van der Waals surface area contributed by atoms with Gasteiger partial charge in [-0.2, -0.15) is 0 Å². The van der Waals surface area contributed by atoms with Gasteiger partial charge >= 0.3 is 12.1 Å². The van der Waals surface area contributed by atoms with Crippen molar-refractivity contribution in [2.45, 2.75) is 19.9 Å². The number of nitrogens with zero attached hydrogens (tertiary/aromatic N) is 1. The van der Waals surface area contributed by atoms with Crippen LogP contribution in [0.2, 0.25) is 0 Å². The van der Waals surface area contributed by atoms with Gasteiger partial charge in [0.2, 0.25) is 5.91 Å². The van der Waals surface area contributed by atoms with E-state index in [1.54, 1.807) is 6.92 Å². The number of nitrogens with one attached hydrogen (secondary N) is 1. The normalized spacial score (nSPS) is 11.3. The van der Waals surface area contributed by atoms with Crippen LogP contribution in [0.4, 0.5) is 4.79 Å². The Morgan fingerprint density at radius 3 is 2.41 bits per heavy atom. The minimum atomic E-state index is -0.742. The standard InChI is InChI=1S/C10H18N2O5/c1-5-17-9(14)7(2)11-8(13)6-12(3)10(15)16-4/h7H,5-6H2,1-4H3,(H,11,13)/t7-/m0/s1. The van der Waals surface area contributed by atoms with Gasteiger partial charge in [-0.15, -0.1) is 0 Å². The Morgan fingerprint density at radius 2 is 1.94 bits per heavy atom. The molecular weight excluding hydrogens is 228 g/mol. The van der Waals surface area contributed by atoms with E-state index in [0.29, 0.717) is 0 Å². The highest BCUT2D eigenvalue weighted by Crippen LogP contribution is 1.91. The molecule has 0 unspecified atom stereocenters. The van der Waals surface area contributed by atoms with Gasteiger partial charge in [-0.05, 0) is 13.8 Å². The molecule has 0 aromatic carbocycles. The smallest absolute Gasteiger partial charge is 0.409 e. The SMILES string of the molecule is CCOC(=O)[C@H](C)NC(=O)CN(C)C(=O)OC. The zero-order chi connectivity index (χ0) is 13.4. The fourth-order valence-electron chi connectivity index (χ4n) is 1.05. The average molecular weight is 246 g/mol. The summed E-state index contributed by atoms with van der Waals surface area (Å²) in [7, 11) is 2.64. The quantitative estimate of drug-likeness (QED) is 0.676. The van der Waals surface area contributed by atoms with Gasteiger partial charge in [0, 0.05) is 7.05 Å². The third-order valence-electron chi connectivity index (χ3n) is 1.88. The van der Waals surface area contributed by atoms with E-state index < -0.39 is 24.0 Å². The molecule has 0 aromatic rings. The van der Waals surface area contributed by atoms with Crippen molar-refractivity contribution in [2.75, 3.05) is 27.3 Å². The molecule has 0 saturated heterocycles. The molecular formula is C10H18N2O5. The maximum absolute atomic E-state index is 11.4. The number of ether oxygens (including phenoxy) is 2. The van der Waals surface area contributed by atoms with Gasteiger partial charge in [-0.25, -0.2) is 9.59 Å². The van der Waals surface area contributed by atoms with Crippen LogP contribution in [-0.2, 0) is 19.1 Å². The van der Waals surface area contributed by atoms with Gasteiger partial charge in [0.25, 0.3) is 0 Å². The average Bonchev–Trinajstić information content (AvgIpc) is 2.27. The summed E-state index contributed by atoms with van der Waals surface area (Å²) >= 11 is 0. The van der Waals surface area contributed by atoms with Gasteiger partial charge < -0.3 is 19.7 Å². The van der Waals surface area contributed by atoms with E-state index in [-0.39, 0.29) is 13.2 Å². The number of esters is 1. The first-order valence-electron chi connectivity index (χ1n) is 5.17. The molecule has 0 fully saturated rings. The maximum atomic E-state index is 11.4. The van der Waals surface area contributed by atoms with Gasteiger partial charge in [0.1, 0.15) is 12.6 Å². The predicted octanol–water partition coefficient (Wildman–Crippen LogP) is -0.248. The molecule has 1 N–H and O–H groups in total. The van der Waals surface area contributed by atoms with E-state index in [1.165, 1.54) is 21.1 Å². The molecule has 0 saturated carbocycles. The van der Waals surface area contributed by atoms with Gasteiger partial charge in [0.15, 0.2) is 0 Å². The van der Waals surface area contributed by atoms with E-state index in [2.05, 4.69) is 10.1 Å². The topological polar surface area (TPSA) is 84.9 Å². The second-order valence-electron chi connectivity index (χ2n) is 3.37. The van der Waals surface area contributed by atoms with Crippen LogP contribution in [0.5, 0.6) is 0 Å². The lowest BCUT2D eigenvalue weighted by Gasteiger charge is -2.17. The zero-order valence-corrected chi connectivity index (χ0v) is 10.5. The number of rotatable bonds is 5. The summed E-state index contributed by atoms with van der Waals surface area (Å²) in [6.07, 6.45) is -0.621. The summed E-state index contributed by atoms with van der Waals surface area (Å²) in [5, 5.41) is 2.41. The van der Waals surface area contributed by atoms with Crippen molar-refractivity contribution in [1.29, 1.82) is 0 Å². The molecule has 2 amide bonds. The first-order valence-corrected chi connectivity index (χ1v) is 5.17. The van der Waals surface area contributed by atoms with Crippen LogP contribution in [0, 0.1) is 0 Å². The van der Waals surface area contributed by atoms with Crippen molar-refractivity contribution in [3.8, 4) is 0 Å². The van der Waals surface area contributed by atoms with Crippen molar-refractivity contribution >= 4 is 18.0 Å². The number of carbonyl (C=O) groups excluding carboxylic acids is 3.